The summed E-state index contributed by atoms with van der Waals surface area (Å²) in [5, 5.41) is 57.4. The fourth-order valence-electron chi connectivity index (χ4n) is 4.01. The Morgan fingerprint density at radius 3 is 2.59 bits per heavy atom. The van der Waals surface area contributed by atoms with Gasteiger partial charge in [-0.1, -0.05) is 18.2 Å². The maximum Gasteiger partial charge on any atom is 0.252 e. The lowest BCUT2D eigenvalue weighted by atomic mass is 10.1. The highest BCUT2D eigenvalue weighted by molar-refractivity contribution is 7.93. The van der Waals surface area contributed by atoms with Gasteiger partial charge in [0.1, 0.15) is 24.4 Å². The second kappa shape index (κ2) is 12.5. The topological polar surface area (TPSA) is 187 Å². The van der Waals surface area contributed by atoms with Crippen molar-refractivity contribution in [2.45, 2.75) is 24.5 Å². The summed E-state index contributed by atoms with van der Waals surface area (Å²) in [6.45, 7) is 0.925. The first kappa shape index (κ1) is 29.1. The molecule has 0 unspecified atom stereocenters. The zero-order valence-electron chi connectivity index (χ0n) is 20.9. The molecule has 0 aliphatic carbocycles. The highest BCUT2D eigenvalue weighted by Crippen LogP contribution is 2.32. The Hall–Kier alpha value is -2.94. The quantitative estimate of drug-likeness (QED) is 0.135. The van der Waals surface area contributed by atoms with Gasteiger partial charge in [0, 0.05) is 28.5 Å². The number of thiophene rings is 1. The van der Waals surface area contributed by atoms with E-state index in [1.807, 2.05) is 48.2 Å². The number of fused-ring (bicyclic) bond motifs is 1. The number of nitriles is 1. The molecule has 0 bridgehead atoms. The van der Waals surface area contributed by atoms with E-state index in [1.165, 1.54) is 17.4 Å². The van der Waals surface area contributed by atoms with Crippen LogP contribution in [0.2, 0.25) is 0 Å². The van der Waals surface area contributed by atoms with Gasteiger partial charge in [-0.25, -0.2) is 8.42 Å². The predicted molar refractivity (Wildman–Crippen MR) is 147 cm³/mol. The summed E-state index contributed by atoms with van der Waals surface area (Å²) in [6.07, 6.45) is -5.55. The van der Waals surface area contributed by atoms with E-state index in [0.29, 0.717) is 4.88 Å². The number of likely N-dealkylation sites (N-methyl/N-ethyl adjacent to an activating group) is 1. The maximum atomic E-state index is 12.9. The average molecular weight is 576 g/mol. The molecule has 2 aromatic carbocycles. The molecule has 2 heterocycles. The van der Waals surface area contributed by atoms with Crippen LogP contribution in [0.15, 0.2) is 53.4 Å². The molecule has 0 spiro atoms. The molecule has 39 heavy (non-hydrogen) atoms. The van der Waals surface area contributed by atoms with Crippen molar-refractivity contribution in [2.24, 2.45) is 0 Å². The molecule has 1 aliphatic rings. The Morgan fingerprint density at radius 1 is 1.13 bits per heavy atom. The number of hydrogen-bond acceptors (Lipinski definition) is 12. The van der Waals surface area contributed by atoms with E-state index in [0.717, 1.165) is 40.0 Å². The third-order valence-corrected chi connectivity index (χ3v) is 8.54. The van der Waals surface area contributed by atoms with Crippen LogP contribution in [0, 0.1) is 11.3 Å². The van der Waals surface area contributed by atoms with Crippen LogP contribution in [-0.4, -0.2) is 85.4 Å². The molecule has 4 atom stereocenters. The highest BCUT2D eigenvalue weighted by atomic mass is 32.2. The second-order valence-electron chi connectivity index (χ2n) is 8.81. The lowest BCUT2D eigenvalue weighted by Gasteiger charge is -2.40. The number of allylic oxidation sites excluding steroid dienone is 1. The van der Waals surface area contributed by atoms with Crippen LogP contribution in [0.5, 0.6) is 0 Å². The largest absolute Gasteiger partial charge is 0.393 e. The standard InChI is InChI=1S/C25H29N5O7S2/c1-27-8-9-28-18-5-4-15-10-17(3-2-16(15)11-18)22-7-6-19(38-22)12-20(13-26)39(35,36)29-25-24(33)23(32)21(14-31)37-30(25)34/h2-7,10-12,21,23-25,27-29,31-34H,8-9,14H2,1H3/b20-12+/t21-,23-,24+,25+/m1/s1. The fourth-order valence-corrected chi connectivity index (χ4v) is 6.11. The van der Waals surface area contributed by atoms with Gasteiger partial charge >= 0.3 is 0 Å². The number of benzene rings is 2. The third kappa shape index (κ3) is 6.62. The van der Waals surface area contributed by atoms with Crippen molar-refractivity contribution in [1.82, 2.24) is 15.3 Å². The van der Waals surface area contributed by atoms with Gasteiger partial charge in [-0.15, -0.1) is 11.3 Å². The molecule has 1 aliphatic heterocycles. The Labute approximate surface area is 229 Å². The zero-order chi connectivity index (χ0) is 28.2. The van der Waals surface area contributed by atoms with Gasteiger partial charge in [0.25, 0.3) is 10.0 Å². The Bertz CT molecular complexity index is 1490. The van der Waals surface area contributed by atoms with Crippen LogP contribution in [0.1, 0.15) is 4.88 Å². The third-order valence-electron chi connectivity index (χ3n) is 6.12. The second-order valence-corrected chi connectivity index (χ2v) is 11.6. The van der Waals surface area contributed by atoms with Crippen molar-refractivity contribution < 1.29 is 33.8 Å². The van der Waals surface area contributed by atoms with Crippen molar-refractivity contribution >= 4 is 43.9 Å². The van der Waals surface area contributed by atoms with Gasteiger partial charge in [0.15, 0.2) is 11.1 Å². The zero-order valence-corrected chi connectivity index (χ0v) is 22.5. The molecule has 1 aromatic heterocycles. The Morgan fingerprint density at radius 2 is 1.87 bits per heavy atom. The number of nitrogens with zero attached hydrogens (tertiary/aromatic N) is 2. The Balaban J connectivity index is 1.52. The molecule has 3 aromatic rings. The van der Waals surface area contributed by atoms with Crippen LogP contribution in [0.25, 0.3) is 27.3 Å². The normalized spacial score (nSPS) is 22.6. The summed E-state index contributed by atoms with van der Waals surface area (Å²) < 4.78 is 27.7. The molecule has 7 N–H and O–H groups in total. The van der Waals surface area contributed by atoms with E-state index < -0.39 is 46.0 Å². The summed E-state index contributed by atoms with van der Waals surface area (Å²) in [5.41, 5.74) is 1.95. The molecule has 0 saturated carbocycles. The molecule has 1 fully saturated rings. The van der Waals surface area contributed by atoms with Crippen molar-refractivity contribution in [3.8, 4) is 16.5 Å². The summed E-state index contributed by atoms with van der Waals surface area (Å²) in [5.74, 6) is 0. The number of hydroxylamine groups is 2. The molecule has 1 saturated heterocycles. The molecule has 12 nitrogen and oxygen atoms in total. The molecular weight excluding hydrogens is 546 g/mol. The number of anilines is 1. The number of rotatable bonds is 10. The van der Waals surface area contributed by atoms with Crippen molar-refractivity contribution in [3.63, 3.8) is 0 Å². The molecule has 4 rings (SSSR count). The lowest BCUT2D eigenvalue weighted by Crippen LogP contribution is -2.65. The molecule has 208 valence electrons. The highest BCUT2D eigenvalue weighted by Gasteiger charge is 2.45. The van der Waals surface area contributed by atoms with Crippen LogP contribution in [-0.2, 0) is 14.9 Å². The van der Waals surface area contributed by atoms with Crippen molar-refractivity contribution in [3.05, 3.63) is 58.3 Å². The lowest BCUT2D eigenvalue weighted by molar-refractivity contribution is -0.431. The SMILES string of the molecule is CNCCNc1ccc2cc(-c3ccc(/C=C(\C#N)S(=O)(=O)N[C@@H]4[C@@H](O)[C@H](O)[C@@H](CO)ON4O)s3)ccc2c1. The summed E-state index contributed by atoms with van der Waals surface area (Å²) >= 11 is 1.28. The number of sulfonamides is 1. The first-order valence-electron chi connectivity index (χ1n) is 12.0. The number of nitrogens with one attached hydrogen (secondary N) is 3. The van der Waals surface area contributed by atoms with Crippen molar-refractivity contribution in [1.29, 1.82) is 5.26 Å². The van der Waals surface area contributed by atoms with Crippen LogP contribution in [0.4, 0.5) is 5.69 Å². The van der Waals surface area contributed by atoms with E-state index in [-0.39, 0.29) is 5.23 Å². The van der Waals surface area contributed by atoms with E-state index in [4.69, 9.17) is 9.94 Å². The molecular formula is C25H29N5O7S2. The van der Waals surface area contributed by atoms with Gasteiger partial charge in [0.2, 0.25) is 0 Å². The molecule has 14 heteroatoms. The van der Waals surface area contributed by atoms with E-state index in [9.17, 15) is 29.1 Å². The number of aliphatic hydroxyl groups is 3. The van der Waals surface area contributed by atoms with Crippen LogP contribution in [0.3, 0.4) is 0 Å². The van der Waals surface area contributed by atoms with Gasteiger partial charge in [0.05, 0.1) is 6.61 Å². The monoisotopic (exact) mass is 575 g/mol. The minimum atomic E-state index is -4.55. The van der Waals surface area contributed by atoms with Gasteiger partial charge < -0.3 is 26.0 Å². The number of aliphatic hydroxyl groups excluding tert-OH is 3. The summed E-state index contributed by atoms with van der Waals surface area (Å²) in [7, 11) is -2.65. The fraction of sp³-hybridized carbons (Fsp3) is 0.320. The number of hydrogen-bond donors (Lipinski definition) is 7. The minimum absolute atomic E-state index is 0.00474. The van der Waals surface area contributed by atoms with Crippen LogP contribution >= 0.6 is 11.3 Å². The van der Waals surface area contributed by atoms with E-state index >= 15 is 0 Å². The summed E-state index contributed by atoms with van der Waals surface area (Å²) in [4.78, 5) is 5.48. The molecule has 0 amide bonds. The van der Waals surface area contributed by atoms with Gasteiger partial charge in [-0.3, -0.25) is 10.0 Å². The Kier molecular flexibility index (Phi) is 9.31. The molecule has 0 radical (unpaired) electrons. The van der Waals surface area contributed by atoms with Gasteiger partial charge in [-0.2, -0.15) is 9.98 Å². The predicted octanol–water partition coefficient (Wildman–Crippen LogP) is 1.03. The van der Waals surface area contributed by atoms with Crippen molar-refractivity contribution in [2.75, 3.05) is 32.1 Å². The minimum Gasteiger partial charge on any atom is -0.393 e. The maximum absolute atomic E-state index is 12.9. The first-order valence-corrected chi connectivity index (χ1v) is 14.3. The van der Waals surface area contributed by atoms with E-state index in [1.54, 1.807) is 12.1 Å². The van der Waals surface area contributed by atoms with Gasteiger partial charge in [-0.05, 0) is 65.0 Å². The van der Waals surface area contributed by atoms with Crippen LogP contribution < -0.4 is 15.4 Å². The van der Waals surface area contributed by atoms with E-state index in [2.05, 4.69) is 16.7 Å². The summed E-state index contributed by atoms with van der Waals surface area (Å²) in [6, 6.07) is 17.2. The average Bonchev–Trinajstić information content (AvgIpc) is 3.40. The first-order chi connectivity index (χ1) is 18.7. The smallest absolute Gasteiger partial charge is 0.252 e.